The van der Waals surface area contributed by atoms with Crippen LogP contribution in [0, 0.1) is 6.92 Å². The highest BCUT2D eigenvalue weighted by molar-refractivity contribution is 6.30. The third kappa shape index (κ3) is 2.77. The van der Waals surface area contributed by atoms with E-state index in [0.29, 0.717) is 11.6 Å². The van der Waals surface area contributed by atoms with Gasteiger partial charge in [-0.05, 0) is 36.8 Å². The minimum Gasteiger partial charge on any atom is -0.508 e. The first kappa shape index (κ1) is 12.8. The Morgan fingerprint density at radius 1 is 1.17 bits per heavy atom. The van der Waals surface area contributed by atoms with Crippen molar-refractivity contribution in [2.45, 2.75) is 13.5 Å². The molecule has 0 radical (unpaired) electrons. The number of phenolic OH excluding ortho intramolecular Hbond substituents is 1. The molecular formula is C15H16ClNO. The summed E-state index contributed by atoms with van der Waals surface area (Å²) in [5.41, 5.74) is 3.19. The number of nitrogens with zero attached hydrogens (tertiary/aromatic N) is 1. The molecule has 3 heteroatoms. The van der Waals surface area contributed by atoms with Gasteiger partial charge in [-0.15, -0.1) is 0 Å². The number of anilines is 1. The minimum atomic E-state index is 0.278. The minimum absolute atomic E-state index is 0.278. The van der Waals surface area contributed by atoms with Crippen LogP contribution in [0.2, 0.25) is 5.02 Å². The maximum Gasteiger partial charge on any atom is 0.120 e. The van der Waals surface area contributed by atoms with Gasteiger partial charge in [0, 0.05) is 29.9 Å². The van der Waals surface area contributed by atoms with Crippen LogP contribution < -0.4 is 4.90 Å². The fourth-order valence-corrected chi connectivity index (χ4v) is 2.21. The molecular weight excluding hydrogens is 246 g/mol. The molecule has 0 saturated carbocycles. The largest absolute Gasteiger partial charge is 0.508 e. The highest BCUT2D eigenvalue weighted by Crippen LogP contribution is 2.26. The molecule has 2 aromatic carbocycles. The van der Waals surface area contributed by atoms with E-state index in [2.05, 4.69) is 24.0 Å². The summed E-state index contributed by atoms with van der Waals surface area (Å²) in [6.45, 7) is 2.70. The predicted molar refractivity (Wildman–Crippen MR) is 76.4 cm³/mol. The van der Waals surface area contributed by atoms with Crippen LogP contribution in [0.1, 0.15) is 11.1 Å². The molecule has 1 N–H and O–H groups in total. The van der Waals surface area contributed by atoms with Crippen molar-refractivity contribution in [1.29, 1.82) is 0 Å². The molecule has 0 amide bonds. The van der Waals surface area contributed by atoms with Crippen LogP contribution in [-0.2, 0) is 6.54 Å². The summed E-state index contributed by atoms with van der Waals surface area (Å²) in [5, 5.41) is 10.5. The first-order chi connectivity index (χ1) is 8.58. The van der Waals surface area contributed by atoms with E-state index in [1.54, 1.807) is 18.2 Å². The zero-order valence-corrected chi connectivity index (χ0v) is 11.3. The summed E-state index contributed by atoms with van der Waals surface area (Å²) in [7, 11) is 2.00. The number of hydrogen-bond acceptors (Lipinski definition) is 2. The molecule has 0 atom stereocenters. The maximum absolute atomic E-state index is 9.81. The third-order valence-corrected chi connectivity index (χ3v) is 3.21. The van der Waals surface area contributed by atoms with E-state index in [4.69, 9.17) is 11.6 Å². The van der Waals surface area contributed by atoms with Gasteiger partial charge >= 0.3 is 0 Å². The topological polar surface area (TPSA) is 23.5 Å². The van der Waals surface area contributed by atoms with Crippen molar-refractivity contribution in [2.75, 3.05) is 11.9 Å². The number of para-hydroxylation sites is 1. The lowest BCUT2D eigenvalue weighted by atomic mass is 10.1. The molecule has 0 aromatic heterocycles. The molecule has 0 spiro atoms. The Bertz CT molecular complexity index is 554. The van der Waals surface area contributed by atoms with Crippen molar-refractivity contribution >= 4 is 17.3 Å². The third-order valence-electron chi connectivity index (χ3n) is 2.98. The molecule has 0 bridgehead atoms. The van der Waals surface area contributed by atoms with Crippen molar-refractivity contribution in [3.8, 4) is 5.75 Å². The summed E-state index contributed by atoms with van der Waals surface area (Å²) >= 11 is 5.95. The monoisotopic (exact) mass is 261 g/mol. The number of benzene rings is 2. The van der Waals surface area contributed by atoms with Crippen LogP contribution in [0.4, 0.5) is 5.69 Å². The van der Waals surface area contributed by atoms with Crippen molar-refractivity contribution in [3.63, 3.8) is 0 Å². The molecule has 0 aliphatic rings. The Hall–Kier alpha value is -1.67. The van der Waals surface area contributed by atoms with E-state index in [1.807, 2.05) is 19.2 Å². The van der Waals surface area contributed by atoms with Crippen LogP contribution in [0.15, 0.2) is 42.5 Å². The van der Waals surface area contributed by atoms with Crippen LogP contribution in [-0.4, -0.2) is 12.2 Å². The molecule has 2 rings (SSSR count). The molecule has 0 aliphatic carbocycles. The molecule has 0 saturated heterocycles. The van der Waals surface area contributed by atoms with Gasteiger partial charge in [-0.3, -0.25) is 0 Å². The number of halogens is 1. The highest BCUT2D eigenvalue weighted by Gasteiger charge is 2.08. The molecule has 0 aliphatic heterocycles. The van der Waals surface area contributed by atoms with Gasteiger partial charge in [0.15, 0.2) is 0 Å². The quantitative estimate of drug-likeness (QED) is 0.903. The number of phenols is 1. The fourth-order valence-electron chi connectivity index (χ4n) is 2.01. The number of aryl methyl sites for hydroxylation is 1. The molecule has 0 heterocycles. The second-order valence-corrected chi connectivity index (χ2v) is 4.85. The predicted octanol–water partition coefficient (Wildman–Crippen LogP) is 3.99. The number of rotatable bonds is 3. The van der Waals surface area contributed by atoms with Gasteiger partial charge in [0.25, 0.3) is 0 Å². The van der Waals surface area contributed by atoms with Gasteiger partial charge in [-0.2, -0.15) is 0 Å². The summed E-state index contributed by atoms with van der Waals surface area (Å²) in [5.74, 6) is 0.278. The summed E-state index contributed by atoms with van der Waals surface area (Å²) in [6, 6.07) is 13.3. The van der Waals surface area contributed by atoms with Gasteiger partial charge in [0.05, 0.1) is 0 Å². The van der Waals surface area contributed by atoms with Crippen LogP contribution in [0.5, 0.6) is 5.75 Å². The van der Waals surface area contributed by atoms with E-state index in [-0.39, 0.29) is 5.75 Å². The number of aromatic hydroxyl groups is 1. The summed E-state index contributed by atoms with van der Waals surface area (Å²) in [6.07, 6.45) is 0. The first-order valence-electron chi connectivity index (χ1n) is 5.82. The SMILES string of the molecule is Cc1ccccc1N(C)Cc1cc(Cl)ccc1O. The first-order valence-corrected chi connectivity index (χ1v) is 6.20. The summed E-state index contributed by atoms with van der Waals surface area (Å²) < 4.78 is 0. The van der Waals surface area contributed by atoms with E-state index in [1.165, 1.54) is 5.56 Å². The van der Waals surface area contributed by atoms with Gasteiger partial charge in [-0.25, -0.2) is 0 Å². The average Bonchev–Trinajstić information content (AvgIpc) is 2.34. The zero-order valence-electron chi connectivity index (χ0n) is 10.5. The van der Waals surface area contributed by atoms with Gasteiger partial charge < -0.3 is 10.0 Å². The fraction of sp³-hybridized carbons (Fsp3) is 0.200. The van der Waals surface area contributed by atoms with Crippen molar-refractivity contribution < 1.29 is 5.11 Å². The summed E-state index contributed by atoms with van der Waals surface area (Å²) in [4.78, 5) is 2.10. The Morgan fingerprint density at radius 2 is 1.89 bits per heavy atom. The Kier molecular flexibility index (Phi) is 3.78. The van der Waals surface area contributed by atoms with Crippen molar-refractivity contribution in [1.82, 2.24) is 0 Å². The van der Waals surface area contributed by atoms with Gasteiger partial charge in [0.1, 0.15) is 5.75 Å². The highest BCUT2D eigenvalue weighted by atomic mass is 35.5. The average molecular weight is 262 g/mol. The molecule has 0 unspecified atom stereocenters. The lowest BCUT2D eigenvalue weighted by molar-refractivity contribution is 0.468. The second-order valence-electron chi connectivity index (χ2n) is 4.42. The molecule has 18 heavy (non-hydrogen) atoms. The molecule has 2 nitrogen and oxygen atoms in total. The Morgan fingerprint density at radius 3 is 2.61 bits per heavy atom. The maximum atomic E-state index is 9.81. The lowest BCUT2D eigenvalue weighted by Crippen LogP contribution is -2.17. The number of hydrogen-bond donors (Lipinski definition) is 1. The van der Waals surface area contributed by atoms with Crippen LogP contribution >= 0.6 is 11.6 Å². The molecule has 94 valence electrons. The Labute approximate surface area is 112 Å². The van der Waals surface area contributed by atoms with Crippen LogP contribution in [0.25, 0.3) is 0 Å². The smallest absolute Gasteiger partial charge is 0.120 e. The van der Waals surface area contributed by atoms with E-state index < -0.39 is 0 Å². The molecule has 0 fully saturated rings. The van der Waals surface area contributed by atoms with E-state index in [9.17, 15) is 5.11 Å². The normalized spacial score (nSPS) is 10.4. The lowest BCUT2D eigenvalue weighted by Gasteiger charge is -2.22. The van der Waals surface area contributed by atoms with Gasteiger partial charge in [-0.1, -0.05) is 29.8 Å². The second kappa shape index (κ2) is 5.32. The van der Waals surface area contributed by atoms with Crippen molar-refractivity contribution in [2.24, 2.45) is 0 Å². The zero-order chi connectivity index (χ0) is 13.1. The molecule has 2 aromatic rings. The van der Waals surface area contributed by atoms with E-state index in [0.717, 1.165) is 11.3 Å². The van der Waals surface area contributed by atoms with Crippen molar-refractivity contribution in [3.05, 3.63) is 58.6 Å². The van der Waals surface area contributed by atoms with Crippen LogP contribution in [0.3, 0.4) is 0 Å². The Balaban J connectivity index is 2.24. The standard InChI is InChI=1S/C15H16ClNO/c1-11-5-3-4-6-14(11)17(2)10-12-9-13(16)7-8-15(12)18/h3-9,18H,10H2,1-2H3. The van der Waals surface area contributed by atoms with E-state index >= 15 is 0 Å². The van der Waals surface area contributed by atoms with Gasteiger partial charge in [0.2, 0.25) is 0 Å².